The van der Waals surface area contributed by atoms with Crippen LogP contribution < -0.4 is 10.6 Å². The lowest BCUT2D eigenvalue weighted by Gasteiger charge is -2.14. The Balaban J connectivity index is 1.85. The number of alkyl halides is 3. The van der Waals surface area contributed by atoms with Gasteiger partial charge in [-0.3, -0.25) is 4.79 Å². The maximum Gasteiger partial charge on any atom is 0.416 e. The van der Waals surface area contributed by atoms with Gasteiger partial charge in [-0.1, -0.05) is 36.4 Å². The first-order valence-corrected chi connectivity index (χ1v) is 8.25. The number of halogens is 3. The quantitative estimate of drug-likeness (QED) is 0.590. The molecule has 3 nitrogen and oxygen atoms in total. The van der Waals surface area contributed by atoms with Crippen LogP contribution in [0.1, 0.15) is 21.5 Å². The molecule has 0 spiro atoms. The van der Waals surface area contributed by atoms with Crippen molar-refractivity contribution < 1.29 is 18.0 Å². The average Bonchev–Trinajstić information content (AvgIpc) is 2.63. The maximum atomic E-state index is 12.8. The van der Waals surface area contributed by atoms with E-state index in [-0.39, 0.29) is 5.69 Å². The number of anilines is 3. The smallest absolute Gasteiger partial charge is 0.355 e. The van der Waals surface area contributed by atoms with Crippen molar-refractivity contribution in [1.29, 1.82) is 0 Å². The molecule has 0 aliphatic heterocycles. The third-order valence-corrected chi connectivity index (χ3v) is 4.03. The molecular weight excluding hydrogens is 353 g/mol. The van der Waals surface area contributed by atoms with Crippen LogP contribution in [0.5, 0.6) is 0 Å². The summed E-state index contributed by atoms with van der Waals surface area (Å²) in [4.78, 5) is 12.6. The topological polar surface area (TPSA) is 41.1 Å². The van der Waals surface area contributed by atoms with E-state index in [4.69, 9.17) is 0 Å². The Bertz CT molecular complexity index is 967. The summed E-state index contributed by atoms with van der Waals surface area (Å²) in [5, 5.41) is 5.73. The number of aryl methyl sites for hydroxylation is 1. The predicted molar refractivity (Wildman–Crippen MR) is 100 cm³/mol. The van der Waals surface area contributed by atoms with Gasteiger partial charge >= 0.3 is 6.18 Å². The van der Waals surface area contributed by atoms with Crippen LogP contribution >= 0.6 is 0 Å². The molecule has 0 radical (unpaired) electrons. The molecule has 3 rings (SSSR count). The minimum atomic E-state index is -4.47. The number of hydrogen-bond donors (Lipinski definition) is 2. The molecule has 2 N–H and O–H groups in total. The molecule has 0 aliphatic rings. The number of carbonyl (C=O) groups is 1. The molecule has 0 bridgehead atoms. The summed E-state index contributed by atoms with van der Waals surface area (Å²) < 4.78 is 38.5. The molecule has 0 saturated heterocycles. The summed E-state index contributed by atoms with van der Waals surface area (Å²) in [7, 11) is 0. The number of hydrogen-bond acceptors (Lipinski definition) is 2. The molecular formula is C21H17F3N2O. The van der Waals surface area contributed by atoms with Crippen molar-refractivity contribution in [2.45, 2.75) is 13.1 Å². The molecule has 3 aromatic rings. The summed E-state index contributed by atoms with van der Waals surface area (Å²) in [6, 6.07) is 19.0. The first kappa shape index (κ1) is 18.5. The highest BCUT2D eigenvalue weighted by Gasteiger charge is 2.30. The third-order valence-electron chi connectivity index (χ3n) is 4.03. The molecule has 3 aromatic carbocycles. The van der Waals surface area contributed by atoms with Crippen LogP contribution in [-0.2, 0) is 6.18 Å². The van der Waals surface area contributed by atoms with E-state index >= 15 is 0 Å². The molecule has 0 aromatic heterocycles. The van der Waals surface area contributed by atoms with Gasteiger partial charge in [-0.15, -0.1) is 0 Å². The van der Waals surface area contributed by atoms with E-state index < -0.39 is 17.6 Å². The van der Waals surface area contributed by atoms with Crippen molar-refractivity contribution in [3.63, 3.8) is 0 Å². The summed E-state index contributed by atoms with van der Waals surface area (Å²) in [5.41, 5.74) is 2.02. The van der Waals surface area contributed by atoms with Gasteiger partial charge in [0.2, 0.25) is 0 Å². The lowest BCUT2D eigenvalue weighted by Crippen LogP contribution is -2.15. The fourth-order valence-electron chi connectivity index (χ4n) is 2.62. The van der Waals surface area contributed by atoms with E-state index in [0.717, 1.165) is 23.4 Å². The summed E-state index contributed by atoms with van der Waals surface area (Å²) in [6.45, 7) is 1.94. The van der Waals surface area contributed by atoms with Gasteiger partial charge in [0.1, 0.15) is 0 Å². The average molecular weight is 370 g/mol. The second kappa shape index (κ2) is 7.53. The van der Waals surface area contributed by atoms with Gasteiger partial charge in [0, 0.05) is 11.4 Å². The van der Waals surface area contributed by atoms with Crippen molar-refractivity contribution in [1.82, 2.24) is 0 Å². The zero-order chi connectivity index (χ0) is 19.4. The van der Waals surface area contributed by atoms with E-state index in [1.165, 1.54) is 12.1 Å². The van der Waals surface area contributed by atoms with E-state index in [1.807, 2.05) is 31.2 Å². The molecule has 138 valence electrons. The molecule has 0 atom stereocenters. The Hall–Kier alpha value is -3.28. The van der Waals surface area contributed by atoms with Gasteiger partial charge < -0.3 is 10.6 Å². The number of nitrogens with one attached hydrogen (secondary N) is 2. The Morgan fingerprint density at radius 2 is 1.52 bits per heavy atom. The molecule has 0 heterocycles. The van der Waals surface area contributed by atoms with Gasteiger partial charge in [-0.05, 0) is 48.9 Å². The monoisotopic (exact) mass is 370 g/mol. The Morgan fingerprint density at radius 3 is 2.22 bits per heavy atom. The maximum absolute atomic E-state index is 12.8. The molecule has 1 amide bonds. The van der Waals surface area contributed by atoms with Gasteiger partial charge in [0.15, 0.2) is 0 Å². The number of para-hydroxylation sites is 2. The van der Waals surface area contributed by atoms with Crippen LogP contribution in [-0.4, -0.2) is 5.91 Å². The van der Waals surface area contributed by atoms with Gasteiger partial charge in [-0.2, -0.15) is 13.2 Å². The van der Waals surface area contributed by atoms with Crippen molar-refractivity contribution in [2.24, 2.45) is 0 Å². The van der Waals surface area contributed by atoms with Gasteiger partial charge in [0.05, 0.1) is 16.8 Å². The van der Waals surface area contributed by atoms with Crippen LogP contribution in [0.4, 0.5) is 30.2 Å². The molecule has 0 aliphatic carbocycles. The Morgan fingerprint density at radius 1 is 0.852 bits per heavy atom. The van der Waals surface area contributed by atoms with E-state index in [0.29, 0.717) is 11.3 Å². The fourth-order valence-corrected chi connectivity index (χ4v) is 2.62. The van der Waals surface area contributed by atoms with E-state index in [1.54, 1.807) is 24.3 Å². The Labute approximate surface area is 154 Å². The van der Waals surface area contributed by atoms with E-state index in [9.17, 15) is 18.0 Å². The number of rotatable bonds is 4. The predicted octanol–water partition coefficient (Wildman–Crippen LogP) is 6.01. The molecule has 0 saturated carbocycles. The standard InChI is InChI=1S/C21H17F3N2O/c1-14-7-2-4-11-18(14)26-19-12-5-3-10-17(19)20(27)25-16-9-6-8-15(13-16)21(22,23)24/h2-13,26H,1H3,(H,25,27). The largest absolute Gasteiger partial charge is 0.416 e. The highest BCUT2D eigenvalue weighted by molar-refractivity contribution is 6.08. The second-order valence-corrected chi connectivity index (χ2v) is 6.02. The Kier molecular flexibility index (Phi) is 5.16. The zero-order valence-corrected chi connectivity index (χ0v) is 14.5. The first-order chi connectivity index (χ1) is 12.8. The molecule has 0 unspecified atom stereocenters. The molecule has 27 heavy (non-hydrogen) atoms. The van der Waals surface area contributed by atoms with E-state index in [2.05, 4.69) is 10.6 Å². The van der Waals surface area contributed by atoms with Gasteiger partial charge in [0.25, 0.3) is 5.91 Å². The second-order valence-electron chi connectivity index (χ2n) is 6.02. The van der Waals surface area contributed by atoms with Gasteiger partial charge in [-0.25, -0.2) is 0 Å². The van der Waals surface area contributed by atoms with Crippen molar-refractivity contribution >= 4 is 23.0 Å². The SMILES string of the molecule is Cc1ccccc1Nc1ccccc1C(=O)Nc1cccc(C(F)(F)F)c1. The zero-order valence-electron chi connectivity index (χ0n) is 14.5. The lowest BCUT2D eigenvalue weighted by molar-refractivity contribution is -0.137. The third kappa shape index (κ3) is 4.47. The van der Waals surface area contributed by atoms with Crippen LogP contribution in [0.2, 0.25) is 0 Å². The lowest BCUT2D eigenvalue weighted by atomic mass is 10.1. The summed E-state index contributed by atoms with van der Waals surface area (Å²) >= 11 is 0. The molecule has 0 fully saturated rings. The van der Waals surface area contributed by atoms with Crippen molar-refractivity contribution in [2.75, 3.05) is 10.6 Å². The summed E-state index contributed by atoms with van der Waals surface area (Å²) in [6.07, 6.45) is -4.47. The fraction of sp³-hybridized carbons (Fsp3) is 0.0952. The number of benzene rings is 3. The van der Waals surface area contributed by atoms with Crippen molar-refractivity contribution in [3.8, 4) is 0 Å². The van der Waals surface area contributed by atoms with Crippen molar-refractivity contribution in [3.05, 3.63) is 89.5 Å². The highest BCUT2D eigenvalue weighted by atomic mass is 19.4. The van der Waals surface area contributed by atoms with Crippen LogP contribution in [0.3, 0.4) is 0 Å². The normalized spacial score (nSPS) is 11.1. The highest BCUT2D eigenvalue weighted by Crippen LogP contribution is 2.31. The van der Waals surface area contributed by atoms with Crippen LogP contribution in [0, 0.1) is 6.92 Å². The van der Waals surface area contributed by atoms with Crippen LogP contribution in [0.15, 0.2) is 72.8 Å². The van der Waals surface area contributed by atoms with Crippen LogP contribution in [0.25, 0.3) is 0 Å². The molecule has 6 heteroatoms. The number of carbonyl (C=O) groups excluding carboxylic acids is 1. The number of amides is 1. The minimum Gasteiger partial charge on any atom is -0.355 e. The summed E-state index contributed by atoms with van der Waals surface area (Å²) in [5.74, 6) is -0.494. The first-order valence-electron chi connectivity index (χ1n) is 8.25. The minimum absolute atomic E-state index is 0.0838.